The molecule has 0 aliphatic rings. The summed E-state index contributed by atoms with van der Waals surface area (Å²) < 4.78 is 31.4. The van der Waals surface area contributed by atoms with E-state index in [9.17, 15) is 13.6 Å². The zero-order chi connectivity index (χ0) is 15.2. The Kier molecular flexibility index (Phi) is 5.88. The molecule has 0 fully saturated rings. The molecule has 20 heavy (non-hydrogen) atoms. The van der Waals surface area contributed by atoms with Crippen LogP contribution in [0, 0.1) is 11.6 Å². The van der Waals surface area contributed by atoms with E-state index in [0.29, 0.717) is 19.4 Å². The van der Waals surface area contributed by atoms with E-state index in [-0.39, 0.29) is 12.4 Å². The molecule has 112 valence electrons. The number of benzene rings is 1. The summed E-state index contributed by atoms with van der Waals surface area (Å²) >= 11 is 0. The van der Waals surface area contributed by atoms with Gasteiger partial charge in [-0.05, 0) is 38.4 Å². The molecule has 0 spiro atoms. The number of halogens is 2. The van der Waals surface area contributed by atoms with Crippen molar-refractivity contribution in [2.75, 3.05) is 13.2 Å². The van der Waals surface area contributed by atoms with Crippen molar-refractivity contribution in [2.24, 2.45) is 5.73 Å². The molecule has 3 N–H and O–H groups in total. The monoisotopic (exact) mass is 286 g/mol. The van der Waals surface area contributed by atoms with Crippen molar-refractivity contribution in [3.8, 4) is 5.75 Å². The number of primary amides is 1. The maximum absolute atomic E-state index is 13.3. The van der Waals surface area contributed by atoms with E-state index >= 15 is 0 Å². The van der Waals surface area contributed by atoms with Crippen molar-refractivity contribution in [1.29, 1.82) is 0 Å². The molecule has 1 aromatic rings. The van der Waals surface area contributed by atoms with Gasteiger partial charge in [0, 0.05) is 6.07 Å². The van der Waals surface area contributed by atoms with E-state index in [1.165, 1.54) is 0 Å². The Morgan fingerprint density at radius 3 is 2.75 bits per heavy atom. The first-order valence-electron chi connectivity index (χ1n) is 6.52. The minimum absolute atomic E-state index is 0.130. The molecule has 0 aliphatic carbocycles. The molecule has 0 saturated carbocycles. The summed E-state index contributed by atoms with van der Waals surface area (Å²) in [7, 11) is 0. The number of likely N-dealkylation sites (N-methyl/N-ethyl adjacent to an activating group) is 1. The third kappa shape index (κ3) is 4.45. The largest absolute Gasteiger partial charge is 0.490 e. The van der Waals surface area contributed by atoms with Gasteiger partial charge in [0.25, 0.3) is 0 Å². The molecule has 6 heteroatoms. The lowest BCUT2D eigenvalue weighted by molar-refractivity contribution is -0.124. The summed E-state index contributed by atoms with van der Waals surface area (Å²) in [6, 6.07) is 3.03. The molecule has 1 rings (SSSR count). The zero-order valence-corrected chi connectivity index (χ0v) is 11.7. The highest BCUT2D eigenvalue weighted by atomic mass is 19.1. The van der Waals surface area contributed by atoms with Crippen molar-refractivity contribution in [2.45, 2.75) is 32.2 Å². The third-order valence-corrected chi connectivity index (χ3v) is 3.08. The molecule has 1 unspecified atom stereocenters. The summed E-state index contributed by atoms with van der Waals surface area (Å²) in [5, 5.41) is 3.01. The van der Waals surface area contributed by atoms with Crippen LogP contribution in [0.3, 0.4) is 0 Å². The molecule has 1 aromatic carbocycles. The van der Waals surface area contributed by atoms with Crippen LogP contribution < -0.4 is 15.8 Å². The standard InChI is InChI=1S/C14H20F2N2O2/c1-3-18-14(2,13(17)19)7-4-8-20-12-9-10(15)5-6-11(12)16/h5-6,9,18H,3-4,7-8H2,1-2H3,(H2,17,19). The van der Waals surface area contributed by atoms with E-state index < -0.39 is 23.1 Å². The van der Waals surface area contributed by atoms with E-state index in [4.69, 9.17) is 10.5 Å². The fourth-order valence-electron chi connectivity index (χ4n) is 1.88. The number of nitrogens with two attached hydrogens (primary N) is 1. The van der Waals surface area contributed by atoms with Crippen LogP contribution in [-0.4, -0.2) is 24.6 Å². The van der Waals surface area contributed by atoms with Crippen LogP contribution in [0.4, 0.5) is 8.78 Å². The van der Waals surface area contributed by atoms with Gasteiger partial charge in [0.1, 0.15) is 5.82 Å². The second-order valence-corrected chi connectivity index (χ2v) is 4.75. The molecule has 1 atom stereocenters. The van der Waals surface area contributed by atoms with Gasteiger partial charge in [0.05, 0.1) is 12.1 Å². The lowest BCUT2D eigenvalue weighted by atomic mass is 9.95. The number of carbonyl (C=O) groups excluding carboxylic acids is 1. The van der Waals surface area contributed by atoms with Gasteiger partial charge in [-0.1, -0.05) is 6.92 Å². The number of amides is 1. The highest BCUT2D eigenvalue weighted by Crippen LogP contribution is 2.19. The second-order valence-electron chi connectivity index (χ2n) is 4.75. The van der Waals surface area contributed by atoms with Crippen molar-refractivity contribution in [3.05, 3.63) is 29.8 Å². The highest BCUT2D eigenvalue weighted by Gasteiger charge is 2.29. The number of carbonyl (C=O) groups is 1. The number of hydrogen-bond acceptors (Lipinski definition) is 3. The molecule has 1 amide bonds. The van der Waals surface area contributed by atoms with Gasteiger partial charge in [-0.3, -0.25) is 4.79 Å². The van der Waals surface area contributed by atoms with Crippen LogP contribution in [-0.2, 0) is 4.79 Å². The first-order valence-corrected chi connectivity index (χ1v) is 6.52. The number of hydrogen-bond donors (Lipinski definition) is 2. The summed E-state index contributed by atoms with van der Waals surface area (Å²) in [5.41, 5.74) is 4.52. The van der Waals surface area contributed by atoms with E-state index in [0.717, 1.165) is 18.2 Å². The average molecular weight is 286 g/mol. The number of nitrogens with one attached hydrogen (secondary N) is 1. The van der Waals surface area contributed by atoms with Gasteiger partial charge in [-0.15, -0.1) is 0 Å². The number of ether oxygens (including phenoxy) is 1. The summed E-state index contributed by atoms with van der Waals surface area (Å²) in [6.45, 7) is 4.37. The minimum atomic E-state index is -0.821. The molecule has 4 nitrogen and oxygen atoms in total. The van der Waals surface area contributed by atoms with Gasteiger partial charge in [0.15, 0.2) is 11.6 Å². The fourth-order valence-corrected chi connectivity index (χ4v) is 1.88. The molecular formula is C14H20F2N2O2. The van der Waals surface area contributed by atoms with E-state index in [1.807, 2.05) is 6.92 Å². The van der Waals surface area contributed by atoms with E-state index in [2.05, 4.69) is 5.32 Å². The van der Waals surface area contributed by atoms with Gasteiger partial charge in [-0.25, -0.2) is 8.78 Å². The lowest BCUT2D eigenvalue weighted by Gasteiger charge is -2.26. The van der Waals surface area contributed by atoms with Crippen molar-refractivity contribution in [1.82, 2.24) is 5.32 Å². The Bertz CT molecular complexity index is 468. The van der Waals surface area contributed by atoms with Crippen LogP contribution in [0.15, 0.2) is 18.2 Å². The molecule has 0 aromatic heterocycles. The third-order valence-electron chi connectivity index (χ3n) is 3.08. The highest BCUT2D eigenvalue weighted by molar-refractivity contribution is 5.84. The predicted molar refractivity (Wildman–Crippen MR) is 72.4 cm³/mol. The average Bonchev–Trinajstić information content (AvgIpc) is 2.38. The summed E-state index contributed by atoms with van der Waals surface area (Å²) in [5.74, 6) is -1.75. The smallest absolute Gasteiger partial charge is 0.237 e. The van der Waals surface area contributed by atoms with E-state index in [1.54, 1.807) is 6.92 Å². The summed E-state index contributed by atoms with van der Waals surface area (Å²) in [6.07, 6.45) is 0.940. The van der Waals surface area contributed by atoms with Crippen LogP contribution in [0.1, 0.15) is 26.7 Å². The number of rotatable bonds is 8. The molecule has 0 aliphatic heterocycles. The van der Waals surface area contributed by atoms with Crippen LogP contribution >= 0.6 is 0 Å². The van der Waals surface area contributed by atoms with Gasteiger partial charge in [-0.2, -0.15) is 0 Å². The molecular weight excluding hydrogens is 266 g/mol. The predicted octanol–water partition coefficient (Wildman–Crippen LogP) is 1.98. The van der Waals surface area contributed by atoms with Gasteiger partial charge < -0.3 is 15.8 Å². The van der Waals surface area contributed by atoms with Crippen molar-refractivity contribution < 1.29 is 18.3 Å². The molecule has 0 radical (unpaired) electrons. The quantitative estimate of drug-likeness (QED) is 0.718. The van der Waals surface area contributed by atoms with Gasteiger partial charge in [0.2, 0.25) is 5.91 Å². The van der Waals surface area contributed by atoms with Crippen molar-refractivity contribution >= 4 is 5.91 Å². The first-order chi connectivity index (χ1) is 9.39. The minimum Gasteiger partial charge on any atom is -0.490 e. The molecule has 0 bridgehead atoms. The Hall–Kier alpha value is -1.69. The molecule has 0 heterocycles. The second kappa shape index (κ2) is 7.19. The Labute approximate surface area is 117 Å². The Morgan fingerprint density at radius 1 is 1.45 bits per heavy atom. The Balaban J connectivity index is 2.48. The lowest BCUT2D eigenvalue weighted by Crippen LogP contribution is -2.53. The van der Waals surface area contributed by atoms with Gasteiger partial charge >= 0.3 is 0 Å². The fraction of sp³-hybridized carbons (Fsp3) is 0.500. The SMILES string of the molecule is CCNC(C)(CCCOc1cc(F)ccc1F)C(N)=O. The maximum Gasteiger partial charge on any atom is 0.237 e. The molecule has 0 saturated heterocycles. The maximum atomic E-state index is 13.3. The van der Waals surface area contributed by atoms with Crippen LogP contribution in [0.25, 0.3) is 0 Å². The normalized spacial score (nSPS) is 13.8. The van der Waals surface area contributed by atoms with Crippen molar-refractivity contribution in [3.63, 3.8) is 0 Å². The summed E-state index contributed by atoms with van der Waals surface area (Å²) in [4.78, 5) is 11.4. The van der Waals surface area contributed by atoms with Crippen LogP contribution in [0.2, 0.25) is 0 Å². The Morgan fingerprint density at radius 2 is 2.15 bits per heavy atom. The zero-order valence-electron chi connectivity index (χ0n) is 11.7. The first kappa shape index (κ1) is 16.4. The topological polar surface area (TPSA) is 64.3 Å². The van der Waals surface area contributed by atoms with Crippen LogP contribution in [0.5, 0.6) is 5.75 Å².